The SMILES string of the molecule is CC1(C)c2cccc(-c3nc(-c4cccc(-c5cccc6ccccc56)c4)nc4ccccc34)c2-n2c3c1cccc3c1sc3ccccc3c12. The third-order valence-corrected chi connectivity index (χ3v) is 12.2. The molecule has 0 fully saturated rings. The van der Waals surface area contributed by atoms with E-state index in [1.807, 2.05) is 11.3 Å². The number of thiophene rings is 1. The molecule has 1 aliphatic heterocycles. The molecule has 240 valence electrons. The van der Waals surface area contributed by atoms with E-state index < -0.39 is 0 Å². The second kappa shape index (κ2) is 10.5. The molecule has 0 spiro atoms. The summed E-state index contributed by atoms with van der Waals surface area (Å²) in [4.78, 5) is 10.7. The lowest BCUT2D eigenvalue weighted by atomic mass is 9.73. The Morgan fingerprint density at radius 2 is 1.20 bits per heavy atom. The first-order valence-corrected chi connectivity index (χ1v) is 18.3. The first kappa shape index (κ1) is 28.7. The summed E-state index contributed by atoms with van der Waals surface area (Å²) in [5.74, 6) is 0.725. The van der Waals surface area contributed by atoms with Gasteiger partial charge in [0.2, 0.25) is 0 Å². The molecule has 4 heterocycles. The van der Waals surface area contributed by atoms with E-state index >= 15 is 0 Å². The highest BCUT2D eigenvalue weighted by Crippen LogP contribution is 2.53. The van der Waals surface area contributed by atoms with Gasteiger partial charge in [-0.3, -0.25) is 0 Å². The quantitative estimate of drug-likeness (QED) is 0.187. The van der Waals surface area contributed by atoms with Crippen molar-refractivity contribution < 1.29 is 0 Å². The van der Waals surface area contributed by atoms with Crippen LogP contribution in [0.5, 0.6) is 0 Å². The standard InChI is InChI=1S/C47H31N3S/c1-47(2)37-23-11-21-35(42(37)50-43-36(22-12-24-38(43)47)45-44(50)34-19-6-8-26-40(34)51-45)41-33-18-5-7-25-39(33)48-46(49-41)30-16-9-15-29(27-30)32-20-10-14-28-13-3-4-17-31(28)32/h3-27H,1-2H3. The maximum Gasteiger partial charge on any atom is 0.160 e. The molecule has 11 rings (SSSR count). The normalized spacial score (nSPS) is 13.5. The second-order valence-corrected chi connectivity index (χ2v) is 15.2. The molecule has 0 bridgehead atoms. The van der Waals surface area contributed by atoms with Gasteiger partial charge in [-0.05, 0) is 51.2 Å². The molecule has 0 atom stereocenters. The molecule has 0 amide bonds. The lowest BCUT2D eigenvalue weighted by molar-refractivity contribution is 0.630. The number of fused-ring (bicyclic) bond motifs is 9. The van der Waals surface area contributed by atoms with E-state index in [-0.39, 0.29) is 5.41 Å². The van der Waals surface area contributed by atoms with E-state index in [0.717, 1.165) is 39.1 Å². The Morgan fingerprint density at radius 3 is 2.12 bits per heavy atom. The number of benzene rings is 7. The largest absolute Gasteiger partial charge is 0.306 e. The van der Waals surface area contributed by atoms with Crippen molar-refractivity contribution in [3.8, 4) is 39.5 Å². The van der Waals surface area contributed by atoms with E-state index in [4.69, 9.17) is 9.97 Å². The molecular weight excluding hydrogens is 639 g/mol. The zero-order valence-electron chi connectivity index (χ0n) is 28.2. The van der Waals surface area contributed by atoms with Crippen molar-refractivity contribution in [3.63, 3.8) is 0 Å². The van der Waals surface area contributed by atoms with Gasteiger partial charge in [-0.15, -0.1) is 11.3 Å². The van der Waals surface area contributed by atoms with Crippen LogP contribution in [0.4, 0.5) is 0 Å². The predicted molar refractivity (Wildman–Crippen MR) is 215 cm³/mol. The van der Waals surface area contributed by atoms with Gasteiger partial charge in [0.25, 0.3) is 0 Å². The van der Waals surface area contributed by atoms with Gasteiger partial charge in [0, 0.05) is 37.4 Å². The molecule has 0 radical (unpaired) electrons. The van der Waals surface area contributed by atoms with Gasteiger partial charge in [-0.1, -0.05) is 147 Å². The van der Waals surface area contributed by atoms with Gasteiger partial charge in [0.05, 0.1) is 32.6 Å². The van der Waals surface area contributed by atoms with Crippen LogP contribution in [0.25, 0.3) is 92.3 Å². The van der Waals surface area contributed by atoms with Gasteiger partial charge < -0.3 is 4.57 Å². The first-order valence-electron chi connectivity index (χ1n) is 17.5. The number of rotatable bonds is 3. The van der Waals surface area contributed by atoms with Crippen LogP contribution >= 0.6 is 11.3 Å². The van der Waals surface area contributed by atoms with Crippen LogP contribution in [0.1, 0.15) is 25.0 Å². The van der Waals surface area contributed by atoms with Gasteiger partial charge >= 0.3 is 0 Å². The fraction of sp³-hybridized carbons (Fsp3) is 0.0638. The molecule has 4 heteroatoms. The Morgan fingerprint density at radius 1 is 0.529 bits per heavy atom. The van der Waals surface area contributed by atoms with Crippen LogP contribution in [0, 0.1) is 0 Å². The average molecular weight is 670 g/mol. The molecule has 0 saturated heterocycles. The third kappa shape index (κ3) is 3.99. The molecule has 3 nitrogen and oxygen atoms in total. The zero-order valence-corrected chi connectivity index (χ0v) is 29.0. The number of para-hydroxylation sites is 3. The lowest BCUT2D eigenvalue weighted by Gasteiger charge is -2.36. The van der Waals surface area contributed by atoms with Crippen molar-refractivity contribution in [2.24, 2.45) is 0 Å². The Bertz CT molecular complexity index is 3070. The number of aromatic nitrogens is 3. The highest BCUT2D eigenvalue weighted by Gasteiger charge is 2.37. The lowest BCUT2D eigenvalue weighted by Crippen LogP contribution is -2.26. The van der Waals surface area contributed by atoms with Crippen molar-refractivity contribution in [3.05, 3.63) is 163 Å². The van der Waals surface area contributed by atoms with Crippen LogP contribution in [0.15, 0.2) is 152 Å². The number of hydrogen-bond donors (Lipinski definition) is 0. The van der Waals surface area contributed by atoms with Crippen LogP contribution in [0.2, 0.25) is 0 Å². The number of nitrogens with zero attached hydrogens (tertiary/aromatic N) is 3. The van der Waals surface area contributed by atoms with Gasteiger partial charge in [-0.25, -0.2) is 9.97 Å². The van der Waals surface area contributed by atoms with Gasteiger partial charge in [0.1, 0.15) is 0 Å². The van der Waals surface area contributed by atoms with E-state index in [1.54, 1.807) is 0 Å². The molecule has 0 unspecified atom stereocenters. The summed E-state index contributed by atoms with van der Waals surface area (Å²) in [5.41, 5.74) is 12.6. The fourth-order valence-electron chi connectivity index (χ4n) is 8.58. The third-order valence-electron chi connectivity index (χ3n) is 11.0. The van der Waals surface area contributed by atoms with Crippen LogP contribution in [-0.2, 0) is 5.41 Å². The summed E-state index contributed by atoms with van der Waals surface area (Å²) in [5, 5.41) is 6.12. The maximum absolute atomic E-state index is 5.51. The summed E-state index contributed by atoms with van der Waals surface area (Å²) in [6, 6.07) is 54.7. The molecule has 1 aliphatic rings. The van der Waals surface area contributed by atoms with Crippen molar-refractivity contribution in [2.75, 3.05) is 0 Å². The van der Waals surface area contributed by atoms with Crippen LogP contribution in [0.3, 0.4) is 0 Å². The maximum atomic E-state index is 5.51. The Hall–Kier alpha value is -6.10. The summed E-state index contributed by atoms with van der Waals surface area (Å²) < 4.78 is 5.21. The van der Waals surface area contributed by atoms with Crippen molar-refractivity contribution in [1.82, 2.24) is 14.5 Å². The van der Waals surface area contributed by atoms with Crippen molar-refractivity contribution >= 4 is 64.2 Å². The average Bonchev–Trinajstić information content (AvgIpc) is 3.71. The van der Waals surface area contributed by atoms with Gasteiger partial charge in [-0.2, -0.15) is 0 Å². The zero-order chi connectivity index (χ0) is 33.8. The fourth-order valence-corrected chi connectivity index (χ4v) is 9.80. The molecule has 0 N–H and O–H groups in total. The molecule has 51 heavy (non-hydrogen) atoms. The minimum Gasteiger partial charge on any atom is -0.306 e. The molecule has 3 aromatic heterocycles. The summed E-state index contributed by atoms with van der Waals surface area (Å²) in [6.07, 6.45) is 0. The monoisotopic (exact) mass is 669 g/mol. The van der Waals surface area contributed by atoms with Crippen LogP contribution in [-0.4, -0.2) is 14.5 Å². The van der Waals surface area contributed by atoms with Crippen LogP contribution < -0.4 is 0 Å². The molecule has 0 saturated carbocycles. The highest BCUT2D eigenvalue weighted by molar-refractivity contribution is 7.26. The minimum absolute atomic E-state index is 0.213. The Balaban J connectivity index is 1.21. The van der Waals surface area contributed by atoms with E-state index in [1.165, 1.54) is 64.4 Å². The Kier molecular flexibility index (Phi) is 5.89. The first-order chi connectivity index (χ1) is 25.1. The highest BCUT2D eigenvalue weighted by atomic mass is 32.1. The molecule has 0 aliphatic carbocycles. The second-order valence-electron chi connectivity index (χ2n) is 14.2. The minimum atomic E-state index is -0.213. The predicted octanol–water partition coefficient (Wildman–Crippen LogP) is 12.7. The van der Waals surface area contributed by atoms with E-state index in [2.05, 4.69) is 170 Å². The molecule has 10 aromatic rings. The summed E-state index contributed by atoms with van der Waals surface area (Å²) >= 11 is 1.90. The molecule has 7 aromatic carbocycles. The number of hydrogen-bond acceptors (Lipinski definition) is 3. The summed E-state index contributed by atoms with van der Waals surface area (Å²) in [7, 11) is 0. The van der Waals surface area contributed by atoms with E-state index in [9.17, 15) is 0 Å². The smallest absolute Gasteiger partial charge is 0.160 e. The summed E-state index contributed by atoms with van der Waals surface area (Å²) in [6.45, 7) is 4.74. The van der Waals surface area contributed by atoms with Crippen molar-refractivity contribution in [1.29, 1.82) is 0 Å². The van der Waals surface area contributed by atoms with Crippen molar-refractivity contribution in [2.45, 2.75) is 19.3 Å². The van der Waals surface area contributed by atoms with E-state index in [0.29, 0.717) is 0 Å². The van der Waals surface area contributed by atoms with Gasteiger partial charge in [0.15, 0.2) is 5.82 Å². The Labute approximate surface area is 299 Å². The molecular formula is C47H31N3S. The topological polar surface area (TPSA) is 30.7 Å².